The van der Waals surface area contributed by atoms with Gasteiger partial charge in [-0.1, -0.05) is 0 Å². The van der Waals surface area contributed by atoms with Gasteiger partial charge in [0.2, 0.25) is 0 Å². The van der Waals surface area contributed by atoms with Gasteiger partial charge in [-0.05, 0) is 60.3 Å². The van der Waals surface area contributed by atoms with Crippen molar-refractivity contribution in [3.05, 3.63) is 28.5 Å². The third-order valence-electron chi connectivity index (χ3n) is 4.47. The van der Waals surface area contributed by atoms with Crippen molar-refractivity contribution in [3.63, 3.8) is 0 Å². The maximum Gasteiger partial charge on any atom is 0.273 e. The predicted octanol–water partition coefficient (Wildman–Crippen LogP) is 2.45. The molecule has 1 unspecified atom stereocenters. The summed E-state index contributed by atoms with van der Waals surface area (Å²) in [6.07, 6.45) is 6.45. The Kier molecular flexibility index (Phi) is 4.08. The van der Waals surface area contributed by atoms with Crippen LogP contribution in [0.5, 0.6) is 0 Å². The molecule has 1 N–H and O–H groups in total. The van der Waals surface area contributed by atoms with Crippen molar-refractivity contribution in [2.75, 3.05) is 26.2 Å². The number of carbonyl (C=O) groups is 1. The van der Waals surface area contributed by atoms with Gasteiger partial charge in [-0.3, -0.25) is 4.79 Å². The summed E-state index contributed by atoms with van der Waals surface area (Å²) in [7, 11) is 0. The first-order valence-corrected chi connectivity index (χ1v) is 8.10. The van der Waals surface area contributed by atoms with Crippen molar-refractivity contribution >= 4 is 21.8 Å². The smallest absolute Gasteiger partial charge is 0.273 e. The van der Waals surface area contributed by atoms with Gasteiger partial charge in [-0.15, -0.1) is 0 Å². The summed E-state index contributed by atoms with van der Waals surface area (Å²) < 4.78 is 0.784. The summed E-state index contributed by atoms with van der Waals surface area (Å²) in [5.74, 6) is 0.0575. The lowest BCUT2D eigenvalue weighted by Crippen LogP contribution is -2.52. The van der Waals surface area contributed by atoms with E-state index < -0.39 is 0 Å². The van der Waals surface area contributed by atoms with E-state index in [-0.39, 0.29) is 11.3 Å². The fourth-order valence-electron chi connectivity index (χ4n) is 3.45. The first kappa shape index (κ1) is 14.0. The molecule has 1 amide bonds. The summed E-state index contributed by atoms with van der Waals surface area (Å²) in [5, 5.41) is 3.49. The zero-order valence-electron chi connectivity index (χ0n) is 11.6. The summed E-state index contributed by atoms with van der Waals surface area (Å²) in [6.45, 7) is 3.87. The van der Waals surface area contributed by atoms with Crippen LogP contribution in [0.15, 0.2) is 22.8 Å². The Labute approximate surface area is 128 Å². The largest absolute Gasteiger partial charge is 0.337 e. The molecule has 1 aromatic rings. The first-order chi connectivity index (χ1) is 9.70. The molecule has 3 rings (SSSR count). The second kappa shape index (κ2) is 5.82. The number of aromatic nitrogens is 1. The molecule has 2 aliphatic rings. The molecule has 20 heavy (non-hydrogen) atoms. The molecule has 4 nitrogen and oxygen atoms in total. The molecular formula is C15H20BrN3O. The van der Waals surface area contributed by atoms with Gasteiger partial charge in [0.05, 0.1) is 0 Å². The number of hydrogen-bond donors (Lipinski definition) is 1. The Morgan fingerprint density at radius 1 is 1.40 bits per heavy atom. The van der Waals surface area contributed by atoms with Gasteiger partial charge >= 0.3 is 0 Å². The van der Waals surface area contributed by atoms with Crippen molar-refractivity contribution in [2.24, 2.45) is 5.41 Å². The molecule has 2 fully saturated rings. The second-order valence-electron chi connectivity index (χ2n) is 5.94. The molecule has 0 radical (unpaired) electrons. The monoisotopic (exact) mass is 337 g/mol. The van der Waals surface area contributed by atoms with Crippen LogP contribution in [0, 0.1) is 5.41 Å². The van der Waals surface area contributed by atoms with Crippen molar-refractivity contribution < 1.29 is 4.79 Å². The fraction of sp³-hybridized carbons (Fsp3) is 0.600. The topological polar surface area (TPSA) is 45.2 Å². The second-order valence-corrected chi connectivity index (χ2v) is 6.80. The van der Waals surface area contributed by atoms with Gasteiger partial charge in [0.1, 0.15) is 5.69 Å². The van der Waals surface area contributed by atoms with E-state index in [9.17, 15) is 4.79 Å². The van der Waals surface area contributed by atoms with E-state index in [2.05, 4.69) is 26.2 Å². The molecule has 0 aromatic carbocycles. The number of halogens is 1. The zero-order chi connectivity index (χ0) is 14.0. The van der Waals surface area contributed by atoms with E-state index in [0.717, 1.165) is 37.1 Å². The van der Waals surface area contributed by atoms with Gasteiger partial charge in [0.25, 0.3) is 5.91 Å². The summed E-state index contributed by atoms with van der Waals surface area (Å²) in [6, 6.07) is 3.71. The minimum absolute atomic E-state index is 0.0575. The highest BCUT2D eigenvalue weighted by atomic mass is 79.9. The standard InChI is InChI=1S/C15H20BrN3O/c16-12-4-1-8-18-13(12)14(20)19-9-3-6-15(11-19)5-2-7-17-10-15/h1,4,8,17H,2-3,5-7,9-11H2. The summed E-state index contributed by atoms with van der Waals surface area (Å²) in [5.41, 5.74) is 0.821. The third-order valence-corrected chi connectivity index (χ3v) is 5.11. The molecular weight excluding hydrogens is 318 g/mol. The molecule has 3 heterocycles. The van der Waals surface area contributed by atoms with Crippen LogP contribution >= 0.6 is 15.9 Å². The van der Waals surface area contributed by atoms with Gasteiger partial charge in [0.15, 0.2) is 0 Å². The molecule has 2 aliphatic heterocycles. The number of piperidine rings is 2. The van der Waals surface area contributed by atoms with E-state index in [0.29, 0.717) is 5.69 Å². The van der Waals surface area contributed by atoms with Crippen LogP contribution in [0.1, 0.15) is 36.2 Å². The Morgan fingerprint density at radius 3 is 3.00 bits per heavy atom. The molecule has 1 atom stereocenters. The molecule has 0 saturated carbocycles. The summed E-state index contributed by atoms with van der Waals surface area (Å²) in [4.78, 5) is 18.9. The average molecular weight is 338 g/mol. The van der Waals surface area contributed by atoms with Crippen LogP contribution in [0.4, 0.5) is 0 Å². The lowest BCUT2D eigenvalue weighted by Gasteiger charge is -2.45. The van der Waals surface area contributed by atoms with Gasteiger partial charge < -0.3 is 10.2 Å². The predicted molar refractivity (Wildman–Crippen MR) is 81.6 cm³/mol. The highest BCUT2D eigenvalue weighted by Crippen LogP contribution is 2.36. The van der Waals surface area contributed by atoms with Crippen LogP contribution in [-0.2, 0) is 0 Å². The normalized spacial score (nSPS) is 26.8. The van der Waals surface area contributed by atoms with Crippen molar-refractivity contribution in [1.29, 1.82) is 0 Å². The number of amides is 1. The maximum atomic E-state index is 12.7. The molecule has 1 aromatic heterocycles. The highest BCUT2D eigenvalue weighted by molar-refractivity contribution is 9.10. The van der Waals surface area contributed by atoms with Gasteiger partial charge in [0, 0.05) is 35.7 Å². The van der Waals surface area contributed by atoms with Crippen molar-refractivity contribution in [1.82, 2.24) is 15.2 Å². The molecule has 0 bridgehead atoms. The Balaban J connectivity index is 1.77. The minimum Gasteiger partial charge on any atom is -0.337 e. The van der Waals surface area contributed by atoms with E-state index >= 15 is 0 Å². The SMILES string of the molecule is O=C(c1ncccc1Br)N1CCCC2(CCCNC2)C1. The van der Waals surface area contributed by atoms with Crippen LogP contribution in [0.2, 0.25) is 0 Å². The maximum absolute atomic E-state index is 12.7. The molecule has 108 valence electrons. The third kappa shape index (κ3) is 2.74. The number of rotatable bonds is 1. The Morgan fingerprint density at radius 2 is 2.25 bits per heavy atom. The highest BCUT2D eigenvalue weighted by Gasteiger charge is 2.38. The van der Waals surface area contributed by atoms with Gasteiger partial charge in [-0.25, -0.2) is 4.98 Å². The average Bonchev–Trinajstić information content (AvgIpc) is 2.48. The fourth-order valence-corrected chi connectivity index (χ4v) is 3.88. The number of nitrogens with one attached hydrogen (secondary N) is 1. The summed E-state index contributed by atoms with van der Waals surface area (Å²) >= 11 is 3.43. The van der Waals surface area contributed by atoms with Crippen LogP contribution < -0.4 is 5.32 Å². The van der Waals surface area contributed by atoms with Crippen molar-refractivity contribution in [2.45, 2.75) is 25.7 Å². The van der Waals surface area contributed by atoms with Gasteiger partial charge in [-0.2, -0.15) is 0 Å². The quantitative estimate of drug-likeness (QED) is 0.856. The number of carbonyl (C=O) groups excluding carboxylic acids is 1. The lowest BCUT2D eigenvalue weighted by atomic mass is 9.74. The van der Waals surface area contributed by atoms with Crippen molar-refractivity contribution in [3.8, 4) is 0 Å². The minimum atomic E-state index is 0.0575. The zero-order valence-corrected chi connectivity index (χ0v) is 13.2. The Hall–Kier alpha value is -0.940. The molecule has 1 spiro atoms. The lowest BCUT2D eigenvalue weighted by molar-refractivity contribution is 0.0428. The van der Waals surface area contributed by atoms with E-state index in [1.165, 1.54) is 19.3 Å². The number of likely N-dealkylation sites (tertiary alicyclic amines) is 1. The molecule has 2 saturated heterocycles. The molecule has 5 heteroatoms. The first-order valence-electron chi connectivity index (χ1n) is 7.31. The number of pyridine rings is 1. The number of nitrogens with zero attached hydrogens (tertiary/aromatic N) is 2. The van der Waals surface area contributed by atoms with E-state index in [4.69, 9.17) is 0 Å². The molecule has 0 aliphatic carbocycles. The van der Waals surface area contributed by atoms with Crippen LogP contribution in [-0.4, -0.2) is 42.0 Å². The van der Waals surface area contributed by atoms with Crippen LogP contribution in [0.3, 0.4) is 0 Å². The number of hydrogen-bond acceptors (Lipinski definition) is 3. The Bertz CT molecular complexity index is 494. The van der Waals surface area contributed by atoms with E-state index in [1.54, 1.807) is 6.20 Å². The van der Waals surface area contributed by atoms with E-state index in [1.807, 2.05) is 17.0 Å². The van der Waals surface area contributed by atoms with Crippen LogP contribution in [0.25, 0.3) is 0 Å².